The van der Waals surface area contributed by atoms with E-state index in [0.717, 1.165) is 25.7 Å². The predicted molar refractivity (Wildman–Crippen MR) is 103 cm³/mol. The average Bonchev–Trinajstić information content (AvgIpc) is 3.34. The first-order chi connectivity index (χ1) is 13.5. The molecular formula is C24H32O4. The van der Waals surface area contributed by atoms with Crippen LogP contribution in [0, 0.1) is 46.8 Å². The van der Waals surface area contributed by atoms with E-state index in [4.69, 9.17) is 4.74 Å². The van der Waals surface area contributed by atoms with Crippen LogP contribution in [0.2, 0.25) is 0 Å². The molecular weight excluding hydrogens is 352 g/mol. The lowest BCUT2D eigenvalue weighted by Gasteiger charge is -2.59. The van der Waals surface area contributed by atoms with Gasteiger partial charge in [-0.15, -0.1) is 0 Å². The molecule has 5 aliphatic carbocycles. The van der Waals surface area contributed by atoms with Gasteiger partial charge in [-0.05, 0) is 80.6 Å². The Morgan fingerprint density at radius 1 is 1.11 bits per heavy atom. The second kappa shape index (κ2) is 5.71. The van der Waals surface area contributed by atoms with Crippen LogP contribution in [0.25, 0.3) is 0 Å². The van der Waals surface area contributed by atoms with Gasteiger partial charge in [0.25, 0.3) is 0 Å². The third kappa shape index (κ3) is 1.96. The number of carbonyl (C=O) groups is 2. The van der Waals surface area contributed by atoms with Crippen LogP contribution >= 0.6 is 0 Å². The van der Waals surface area contributed by atoms with Crippen LogP contribution in [0.15, 0.2) is 11.6 Å². The SMILES string of the molecule is CC[C@]12CCC3C(C[C@@H](CO)C4=CC(=O)CC[C@@H]43)C1[C@H]1C[C@H]1[C@@]21CCC(=O)O1. The van der Waals surface area contributed by atoms with Crippen molar-refractivity contribution in [1.29, 1.82) is 0 Å². The van der Waals surface area contributed by atoms with Crippen molar-refractivity contribution in [2.24, 2.45) is 46.8 Å². The lowest BCUT2D eigenvalue weighted by atomic mass is 9.46. The van der Waals surface area contributed by atoms with Gasteiger partial charge in [0.15, 0.2) is 5.78 Å². The van der Waals surface area contributed by atoms with Gasteiger partial charge in [0.2, 0.25) is 0 Å². The largest absolute Gasteiger partial charge is 0.458 e. The van der Waals surface area contributed by atoms with Crippen LogP contribution in [-0.4, -0.2) is 29.1 Å². The topological polar surface area (TPSA) is 63.6 Å². The Morgan fingerprint density at radius 2 is 1.96 bits per heavy atom. The number of ether oxygens (including phenoxy) is 1. The molecule has 1 N–H and O–H groups in total. The molecule has 6 rings (SSSR count). The van der Waals surface area contributed by atoms with E-state index < -0.39 is 0 Å². The lowest BCUT2D eigenvalue weighted by Crippen LogP contribution is -2.57. The minimum absolute atomic E-state index is 0.0224. The molecule has 9 atom stereocenters. The molecule has 152 valence electrons. The Labute approximate surface area is 167 Å². The third-order valence-corrected chi connectivity index (χ3v) is 10.2. The van der Waals surface area contributed by atoms with Crippen LogP contribution in [0.4, 0.5) is 0 Å². The first-order valence-corrected chi connectivity index (χ1v) is 11.6. The fraction of sp³-hybridized carbons (Fsp3) is 0.833. The van der Waals surface area contributed by atoms with Crippen molar-refractivity contribution in [3.05, 3.63) is 11.6 Å². The van der Waals surface area contributed by atoms with E-state index in [2.05, 4.69) is 6.92 Å². The van der Waals surface area contributed by atoms with Gasteiger partial charge in [-0.2, -0.15) is 0 Å². The molecule has 5 fully saturated rings. The van der Waals surface area contributed by atoms with Crippen molar-refractivity contribution in [2.75, 3.05) is 6.61 Å². The molecule has 1 aliphatic heterocycles. The van der Waals surface area contributed by atoms with Crippen molar-refractivity contribution in [3.8, 4) is 0 Å². The molecule has 0 amide bonds. The maximum atomic E-state index is 12.2. The molecule has 3 unspecified atom stereocenters. The molecule has 0 aromatic heterocycles. The number of esters is 1. The molecule has 1 saturated heterocycles. The number of ketones is 1. The highest BCUT2D eigenvalue weighted by Crippen LogP contribution is 2.79. The molecule has 0 bridgehead atoms. The zero-order valence-electron chi connectivity index (χ0n) is 16.9. The highest BCUT2D eigenvalue weighted by atomic mass is 16.6. The summed E-state index contributed by atoms with van der Waals surface area (Å²) in [6.07, 6.45) is 10.8. The summed E-state index contributed by atoms with van der Waals surface area (Å²) >= 11 is 0. The number of hydrogen-bond acceptors (Lipinski definition) is 4. The molecule has 0 aromatic rings. The lowest BCUT2D eigenvalue weighted by molar-refractivity contribution is -0.180. The summed E-state index contributed by atoms with van der Waals surface area (Å²) in [6.45, 7) is 2.49. The summed E-state index contributed by atoms with van der Waals surface area (Å²) in [5, 5.41) is 10.2. The van der Waals surface area contributed by atoms with Gasteiger partial charge in [-0.25, -0.2) is 0 Å². The van der Waals surface area contributed by atoms with Gasteiger partial charge in [-0.3, -0.25) is 9.59 Å². The van der Waals surface area contributed by atoms with Gasteiger partial charge < -0.3 is 9.84 Å². The van der Waals surface area contributed by atoms with Crippen molar-refractivity contribution in [3.63, 3.8) is 0 Å². The van der Waals surface area contributed by atoms with Crippen LogP contribution in [-0.2, 0) is 14.3 Å². The molecule has 4 saturated carbocycles. The second-order valence-electron chi connectivity index (χ2n) is 10.6. The predicted octanol–water partition coefficient (Wildman–Crippen LogP) is 3.67. The standard InChI is InChI=1S/C24H32O4/c1-2-23-7-5-16-15-4-3-14(26)10-17(15)13(12-25)9-18(16)22(23)19-11-20(19)24(23)8-6-21(27)28-24/h10,13,15-16,18-20,22,25H,2-9,11-12H2,1H3/t13-,15+,16?,18?,19-,20+,22?,23-,24-/m0/s1. The monoisotopic (exact) mass is 384 g/mol. The molecule has 28 heavy (non-hydrogen) atoms. The van der Waals surface area contributed by atoms with E-state index >= 15 is 0 Å². The Morgan fingerprint density at radius 3 is 2.68 bits per heavy atom. The van der Waals surface area contributed by atoms with Crippen LogP contribution in [0.1, 0.15) is 64.7 Å². The number of aliphatic hydroxyl groups is 1. The summed E-state index contributed by atoms with van der Waals surface area (Å²) < 4.78 is 6.24. The molecule has 1 heterocycles. The molecule has 1 spiro atoms. The summed E-state index contributed by atoms with van der Waals surface area (Å²) in [7, 11) is 0. The fourth-order valence-corrected chi connectivity index (χ4v) is 9.31. The molecule has 6 aliphatic rings. The zero-order valence-corrected chi connectivity index (χ0v) is 16.9. The van der Waals surface area contributed by atoms with Crippen LogP contribution in [0.3, 0.4) is 0 Å². The summed E-state index contributed by atoms with van der Waals surface area (Å²) in [4.78, 5) is 24.3. The number of aliphatic hydroxyl groups excluding tert-OH is 1. The highest BCUT2D eigenvalue weighted by Gasteiger charge is 2.79. The number of fused-ring (bicyclic) bond motifs is 9. The van der Waals surface area contributed by atoms with E-state index in [1.165, 1.54) is 24.8 Å². The maximum Gasteiger partial charge on any atom is 0.306 e. The number of carbonyl (C=O) groups excluding carboxylic acids is 2. The van der Waals surface area contributed by atoms with Crippen molar-refractivity contribution in [2.45, 2.75) is 70.3 Å². The van der Waals surface area contributed by atoms with Crippen LogP contribution < -0.4 is 0 Å². The van der Waals surface area contributed by atoms with Crippen LogP contribution in [0.5, 0.6) is 0 Å². The first kappa shape index (κ1) is 17.7. The van der Waals surface area contributed by atoms with Gasteiger partial charge >= 0.3 is 5.97 Å². The highest BCUT2D eigenvalue weighted by molar-refractivity contribution is 5.91. The summed E-state index contributed by atoms with van der Waals surface area (Å²) in [5.74, 6) is 4.13. The molecule has 4 heteroatoms. The fourth-order valence-electron chi connectivity index (χ4n) is 9.31. The van der Waals surface area contributed by atoms with Gasteiger partial charge in [0.05, 0.1) is 0 Å². The molecule has 0 radical (unpaired) electrons. The maximum absolute atomic E-state index is 12.2. The Balaban J connectivity index is 1.41. The Kier molecular flexibility index (Phi) is 3.61. The first-order valence-electron chi connectivity index (χ1n) is 11.6. The third-order valence-electron chi connectivity index (χ3n) is 10.2. The molecule has 4 nitrogen and oxygen atoms in total. The zero-order chi connectivity index (χ0) is 19.3. The average molecular weight is 385 g/mol. The Bertz CT molecular complexity index is 771. The minimum atomic E-state index is -0.188. The van der Waals surface area contributed by atoms with Gasteiger partial charge in [0.1, 0.15) is 5.60 Å². The minimum Gasteiger partial charge on any atom is -0.458 e. The summed E-state index contributed by atoms with van der Waals surface area (Å²) in [5.41, 5.74) is 1.22. The Hall–Kier alpha value is -1.16. The van der Waals surface area contributed by atoms with E-state index in [1.807, 2.05) is 6.08 Å². The van der Waals surface area contributed by atoms with Gasteiger partial charge in [-0.1, -0.05) is 12.5 Å². The summed E-state index contributed by atoms with van der Waals surface area (Å²) in [6, 6.07) is 0. The second-order valence-corrected chi connectivity index (χ2v) is 10.6. The van der Waals surface area contributed by atoms with Gasteiger partial charge in [0, 0.05) is 36.7 Å². The van der Waals surface area contributed by atoms with E-state index in [9.17, 15) is 14.7 Å². The number of hydrogen-bond donors (Lipinski definition) is 1. The molecule has 0 aromatic carbocycles. The van der Waals surface area contributed by atoms with Crippen molar-refractivity contribution < 1.29 is 19.4 Å². The van der Waals surface area contributed by atoms with E-state index in [-0.39, 0.29) is 35.3 Å². The van der Waals surface area contributed by atoms with Crippen molar-refractivity contribution in [1.82, 2.24) is 0 Å². The quantitative estimate of drug-likeness (QED) is 0.738. The van der Waals surface area contributed by atoms with E-state index in [0.29, 0.717) is 48.3 Å². The smallest absolute Gasteiger partial charge is 0.306 e. The normalized spacial score (nSPS) is 53.8. The van der Waals surface area contributed by atoms with E-state index in [1.54, 1.807) is 0 Å². The van der Waals surface area contributed by atoms with Crippen molar-refractivity contribution >= 4 is 11.8 Å². The number of rotatable bonds is 2.